The van der Waals surface area contributed by atoms with Gasteiger partial charge in [0, 0.05) is 12.7 Å². The number of carbonyl (C=O) groups is 1. The number of carbonyl (C=O) groups excluding carboxylic acids is 1. The summed E-state index contributed by atoms with van der Waals surface area (Å²) in [6.07, 6.45) is 1.39. The summed E-state index contributed by atoms with van der Waals surface area (Å²) in [5, 5.41) is 19.7. The average Bonchev–Trinajstić information content (AvgIpc) is 2.26. The van der Waals surface area contributed by atoms with E-state index in [2.05, 4.69) is 10.3 Å². The van der Waals surface area contributed by atoms with Gasteiger partial charge >= 0.3 is 0 Å². The fourth-order valence-corrected chi connectivity index (χ4v) is 0.924. The van der Waals surface area contributed by atoms with Crippen LogP contribution in [0.2, 0.25) is 0 Å². The lowest BCUT2D eigenvalue weighted by atomic mass is 10.2. The third-order valence-electron chi connectivity index (χ3n) is 1.65. The zero-order valence-electron chi connectivity index (χ0n) is 7.60. The highest BCUT2D eigenvalue weighted by Crippen LogP contribution is 1.99. The van der Waals surface area contributed by atoms with E-state index in [4.69, 9.17) is 10.2 Å². The lowest BCUT2D eigenvalue weighted by Crippen LogP contribution is -2.26. The Balaban J connectivity index is 2.62. The van der Waals surface area contributed by atoms with Crippen molar-refractivity contribution in [1.82, 2.24) is 10.3 Å². The first-order valence-corrected chi connectivity index (χ1v) is 4.22. The molecule has 1 aromatic heterocycles. The van der Waals surface area contributed by atoms with E-state index in [1.54, 1.807) is 12.1 Å². The summed E-state index contributed by atoms with van der Waals surface area (Å²) >= 11 is 0. The van der Waals surface area contributed by atoms with Crippen molar-refractivity contribution in [2.75, 3.05) is 13.2 Å². The first-order valence-electron chi connectivity index (χ1n) is 4.22. The second-order valence-corrected chi connectivity index (χ2v) is 2.68. The van der Waals surface area contributed by atoms with Gasteiger partial charge in [-0.15, -0.1) is 0 Å². The van der Waals surface area contributed by atoms with Crippen molar-refractivity contribution in [2.24, 2.45) is 0 Å². The minimum atomic E-state index is -0.281. The average molecular weight is 196 g/mol. The maximum atomic E-state index is 11.3. The molecular weight excluding hydrogens is 184 g/mol. The second-order valence-electron chi connectivity index (χ2n) is 2.68. The Labute approximate surface area is 81.4 Å². The molecule has 5 nitrogen and oxygen atoms in total. The topological polar surface area (TPSA) is 82.5 Å². The number of aliphatic hydroxyl groups is 2. The molecule has 1 amide bonds. The number of amides is 1. The molecule has 0 saturated heterocycles. The minimum absolute atomic E-state index is 0.0894. The van der Waals surface area contributed by atoms with Gasteiger partial charge in [0.25, 0.3) is 5.91 Å². The maximum absolute atomic E-state index is 11.3. The molecule has 0 atom stereocenters. The zero-order chi connectivity index (χ0) is 10.4. The van der Waals surface area contributed by atoms with Crippen LogP contribution in [-0.4, -0.2) is 34.3 Å². The van der Waals surface area contributed by atoms with Crippen molar-refractivity contribution in [2.45, 2.75) is 6.61 Å². The molecule has 0 fully saturated rings. The molecule has 0 aromatic carbocycles. The highest BCUT2D eigenvalue weighted by molar-refractivity contribution is 5.93. The maximum Gasteiger partial charge on any atom is 0.252 e. The highest BCUT2D eigenvalue weighted by Gasteiger charge is 2.04. The third kappa shape index (κ3) is 2.79. The third-order valence-corrected chi connectivity index (χ3v) is 1.65. The predicted octanol–water partition coefficient (Wildman–Crippen LogP) is -0.704. The van der Waals surface area contributed by atoms with Crippen molar-refractivity contribution in [3.05, 3.63) is 29.6 Å². The van der Waals surface area contributed by atoms with E-state index in [1.165, 1.54) is 6.20 Å². The van der Waals surface area contributed by atoms with Crippen molar-refractivity contribution >= 4 is 5.91 Å². The van der Waals surface area contributed by atoms with Crippen molar-refractivity contribution in [1.29, 1.82) is 0 Å². The van der Waals surface area contributed by atoms with Crippen LogP contribution in [0.1, 0.15) is 16.1 Å². The lowest BCUT2D eigenvalue weighted by molar-refractivity contribution is 0.0944. The van der Waals surface area contributed by atoms with E-state index in [1.807, 2.05) is 0 Å². The smallest absolute Gasteiger partial charge is 0.252 e. The Kier molecular flexibility index (Phi) is 4.03. The molecule has 0 aliphatic rings. The molecule has 0 bridgehead atoms. The van der Waals surface area contributed by atoms with Crippen LogP contribution >= 0.6 is 0 Å². The van der Waals surface area contributed by atoms with Crippen molar-refractivity contribution in [3.8, 4) is 0 Å². The van der Waals surface area contributed by atoms with Gasteiger partial charge in [-0.1, -0.05) is 0 Å². The van der Waals surface area contributed by atoms with E-state index in [9.17, 15) is 4.79 Å². The molecule has 0 aliphatic carbocycles. The first kappa shape index (κ1) is 10.6. The summed E-state index contributed by atoms with van der Waals surface area (Å²) in [4.78, 5) is 15.1. The van der Waals surface area contributed by atoms with Gasteiger partial charge in [-0.3, -0.25) is 9.78 Å². The Bertz CT molecular complexity index is 297. The molecular formula is C9H12N2O3. The van der Waals surface area contributed by atoms with E-state index in [0.29, 0.717) is 11.3 Å². The van der Waals surface area contributed by atoms with E-state index in [0.717, 1.165) is 0 Å². The largest absolute Gasteiger partial charge is 0.395 e. The number of rotatable bonds is 4. The number of hydrogen-bond acceptors (Lipinski definition) is 4. The molecule has 1 heterocycles. The first-order chi connectivity index (χ1) is 6.77. The van der Waals surface area contributed by atoms with E-state index < -0.39 is 0 Å². The van der Waals surface area contributed by atoms with Crippen LogP contribution < -0.4 is 5.32 Å². The van der Waals surface area contributed by atoms with Gasteiger partial charge in [-0.05, 0) is 12.1 Å². The Morgan fingerprint density at radius 2 is 2.21 bits per heavy atom. The molecule has 76 valence electrons. The van der Waals surface area contributed by atoms with Crippen LogP contribution in [0.3, 0.4) is 0 Å². The van der Waals surface area contributed by atoms with Crippen LogP contribution in [0.15, 0.2) is 18.3 Å². The Hall–Kier alpha value is -1.46. The normalized spacial score (nSPS) is 9.86. The zero-order valence-corrected chi connectivity index (χ0v) is 7.60. The lowest BCUT2D eigenvalue weighted by Gasteiger charge is -2.02. The number of hydrogen-bond donors (Lipinski definition) is 3. The minimum Gasteiger partial charge on any atom is -0.395 e. The van der Waals surface area contributed by atoms with Gasteiger partial charge in [-0.2, -0.15) is 0 Å². The highest BCUT2D eigenvalue weighted by atomic mass is 16.3. The summed E-state index contributed by atoms with van der Waals surface area (Å²) < 4.78 is 0. The number of nitrogens with one attached hydrogen (secondary N) is 1. The van der Waals surface area contributed by atoms with E-state index >= 15 is 0 Å². The standard InChI is InChI=1S/C9H12N2O3/c12-4-3-10-9(14)7-1-2-8(6-13)11-5-7/h1-2,5,12-13H,3-4,6H2,(H,10,14). The number of nitrogens with zero attached hydrogens (tertiary/aromatic N) is 1. The monoisotopic (exact) mass is 196 g/mol. The van der Waals surface area contributed by atoms with Gasteiger partial charge in [0.05, 0.1) is 24.5 Å². The fourth-order valence-electron chi connectivity index (χ4n) is 0.924. The van der Waals surface area contributed by atoms with Gasteiger partial charge in [0.1, 0.15) is 0 Å². The predicted molar refractivity (Wildman–Crippen MR) is 49.6 cm³/mol. The van der Waals surface area contributed by atoms with Crippen LogP contribution in [0.4, 0.5) is 0 Å². The molecule has 0 spiro atoms. The molecule has 1 aromatic rings. The molecule has 0 radical (unpaired) electrons. The van der Waals surface area contributed by atoms with Gasteiger partial charge in [0.2, 0.25) is 0 Å². The molecule has 0 aliphatic heterocycles. The summed E-state index contributed by atoms with van der Waals surface area (Å²) in [7, 11) is 0. The number of aliphatic hydroxyl groups excluding tert-OH is 2. The van der Waals surface area contributed by atoms with Crippen molar-refractivity contribution in [3.63, 3.8) is 0 Å². The van der Waals surface area contributed by atoms with Crippen LogP contribution in [0.5, 0.6) is 0 Å². The van der Waals surface area contributed by atoms with Crippen LogP contribution in [0.25, 0.3) is 0 Å². The Morgan fingerprint density at radius 1 is 1.43 bits per heavy atom. The summed E-state index contributed by atoms with van der Waals surface area (Å²) in [5.74, 6) is -0.281. The molecule has 0 saturated carbocycles. The SMILES string of the molecule is O=C(NCCO)c1ccc(CO)nc1. The quantitative estimate of drug-likeness (QED) is 0.594. The summed E-state index contributed by atoms with van der Waals surface area (Å²) in [6, 6.07) is 3.15. The Morgan fingerprint density at radius 3 is 2.71 bits per heavy atom. The van der Waals surface area contributed by atoms with Crippen molar-refractivity contribution < 1.29 is 15.0 Å². The molecule has 3 N–H and O–H groups in total. The summed E-state index contributed by atoms with van der Waals surface area (Å²) in [5.41, 5.74) is 0.930. The second kappa shape index (κ2) is 5.31. The molecule has 0 unspecified atom stereocenters. The van der Waals surface area contributed by atoms with Gasteiger partial charge in [0.15, 0.2) is 0 Å². The summed E-state index contributed by atoms with van der Waals surface area (Å²) in [6.45, 7) is -0.00693. The van der Waals surface area contributed by atoms with Gasteiger partial charge in [-0.25, -0.2) is 0 Å². The molecule has 1 rings (SSSR count). The van der Waals surface area contributed by atoms with E-state index in [-0.39, 0.29) is 25.7 Å². The molecule has 5 heteroatoms. The van der Waals surface area contributed by atoms with Crippen LogP contribution in [0, 0.1) is 0 Å². The van der Waals surface area contributed by atoms with Gasteiger partial charge < -0.3 is 15.5 Å². The number of pyridine rings is 1. The van der Waals surface area contributed by atoms with Crippen LogP contribution in [-0.2, 0) is 6.61 Å². The molecule has 14 heavy (non-hydrogen) atoms. The fraction of sp³-hybridized carbons (Fsp3) is 0.333. The number of aromatic nitrogens is 1.